The summed E-state index contributed by atoms with van der Waals surface area (Å²) in [4.78, 5) is 0. The van der Waals surface area contributed by atoms with Crippen LogP contribution < -0.4 is 0 Å². The number of halogens is 12. The highest BCUT2D eigenvalue weighted by atomic mass is 19.2. The Morgan fingerprint density at radius 3 is 0.814 bits per heavy atom. The van der Waals surface area contributed by atoms with Crippen LogP contribution in [0.2, 0.25) is 0 Å². The molecule has 3 aromatic carbocycles. The second-order valence-electron chi connectivity index (χ2n) is 9.10. The van der Waals surface area contributed by atoms with Gasteiger partial charge in [-0.2, -0.15) is 0 Å². The van der Waals surface area contributed by atoms with Crippen LogP contribution in [-0.2, 0) is 34.0 Å². The number of hydrogen-bond donors (Lipinski definition) is 1. The summed E-state index contributed by atoms with van der Waals surface area (Å²) in [7, 11) is 0. The number of ether oxygens (including phenoxy) is 3. The highest BCUT2D eigenvalue weighted by molar-refractivity contribution is 5.30. The van der Waals surface area contributed by atoms with Crippen molar-refractivity contribution in [3.05, 3.63) is 103 Å². The van der Waals surface area contributed by atoms with Crippen LogP contribution in [0, 0.1) is 90.6 Å². The zero-order valence-electron chi connectivity index (χ0n) is 22.2. The van der Waals surface area contributed by atoms with Crippen LogP contribution in [0.3, 0.4) is 0 Å². The number of benzene rings is 3. The molecule has 3 rings (SSSR count). The number of aliphatic hydroxyl groups is 1. The average molecular weight is 636 g/mol. The van der Waals surface area contributed by atoms with Gasteiger partial charge in [0.25, 0.3) is 5.97 Å². The Balaban J connectivity index is 2.10. The van der Waals surface area contributed by atoms with E-state index in [-0.39, 0.29) is 0 Å². The van der Waals surface area contributed by atoms with Gasteiger partial charge < -0.3 is 19.3 Å². The third kappa shape index (κ3) is 6.32. The highest BCUT2D eigenvalue weighted by Crippen LogP contribution is 2.33. The molecule has 0 aliphatic carbocycles. The molecule has 236 valence electrons. The van der Waals surface area contributed by atoms with E-state index in [1.807, 2.05) is 0 Å². The van der Waals surface area contributed by atoms with Gasteiger partial charge in [0, 0.05) is 16.7 Å². The minimum absolute atomic E-state index is 0.690. The van der Waals surface area contributed by atoms with E-state index in [1.54, 1.807) is 0 Å². The summed E-state index contributed by atoms with van der Waals surface area (Å²) in [6.07, 6.45) is -1.10. The molecule has 0 amide bonds. The van der Waals surface area contributed by atoms with Gasteiger partial charge in [-0.1, -0.05) is 0 Å². The number of hydrogen-bond acceptors (Lipinski definition) is 4. The third-order valence-corrected chi connectivity index (χ3v) is 6.45. The monoisotopic (exact) mass is 636 g/mol. The Morgan fingerprint density at radius 1 is 0.419 bits per heavy atom. The molecule has 0 heterocycles. The van der Waals surface area contributed by atoms with E-state index < -0.39 is 142 Å². The summed E-state index contributed by atoms with van der Waals surface area (Å²) in [5.74, 6) is -26.3. The summed E-state index contributed by atoms with van der Waals surface area (Å²) in [6.45, 7) is -3.79. The lowest BCUT2D eigenvalue weighted by atomic mass is 10.1. The SMILES string of the molecule is Cc1c(F)c(F)c(COC(CCO)(OCc2c(F)c(F)c(C)c(F)c2F)OCc2c(F)c(F)c(C)c(F)c2F)c(F)c1F. The molecule has 0 radical (unpaired) electrons. The summed E-state index contributed by atoms with van der Waals surface area (Å²) in [5, 5.41) is 9.55. The molecular formula is C27H20F12O4. The zero-order chi connectivity index (χ0) is 32.5. The lowest BCUT2D eigenvalue weighted by Gasteiger charge is -2.33. The molecule has 0 aromatic heterocycles. The zero-order valence-corrected chi connectivity index (χ0v) is 22.2. The van der Waals surface area contributed by atoms with Crippen LogP contribution in [0.4, 0.5) is 52.7 Å². The van der Waals surface area contributed by atoms with E-state index in [1.165, 1.54) is 0 Å². The van der Waals surface area contributed by atoms with Gasteiger partial charge in [-0.25, -0.2) is 52.7 Å². The van der Waals surface area contributed by atoms with Crippen LogP contribution >= 0.6 is 0 Å². The molecule has 0 saturated carbocycles. The van der Waals surface area contributed by atoms with Gasteiger partial charge in [-0.05, 0) is 20.8 Å². The van der Waals surface area contributed by atoms with Crippen molar-refractivity contribution in [3.8, 4) is 0 Å². The van der Waals surface area contributed by atoms with Crippen LogP contribution in [0.25, 0.3) is 0 Å². The highest BCUT2D eigenvalue weighted by Gasteiger charge is 2.38. The molecule has 0 atom stereocenters. The van der Waals surface area contributed by atoms with E-state index in [0.29, 0.717) is 20.8 Å². The molecule has 3 aromatic rings. The molecule has 16 heteroatoms. The van der Waals surface area contributed by atoms with Crippen LogP contribution in [0.1, 0.15) is 39.8 Å². The summed E-state index contributed by atoms with van der Waals surface area (Å²) in [6, 6.07) is 0. The van der Waals surface area contributed by atoms with E-state index >= 15 is 0 Å². The predicted octanol–water partition coefficient (Wildman–Crippen LogP) is 7.27. The third-order valence-electron chi connectivity index (χ3n) is 6.45. The fraction of sp³-hybridized carbons (Fsp3) is 0.333. The molecule has 0 unspecified atom stereocenters. The Kier molecular flexibility index (Phi) is 10.4. The van der Waals surface area contributed by atoms with Crippen molar-refractivity contribution in [2.75, 3.05) is 6.61 Å². The Morgan fingerprint density at radius 2 is 0.628 bits per heavy atom. The first-order valence-corrected chi connectivity index (χ1v) is 12.0. The van der Waals surface area contributed by atoms with Crippen LogP contribution in [-0.4, -0.2) is 17.7 Å². The minimum atomic E-state index is -3.17. The van der Waals surface area contributed by atoms with E-state index in [9.17, 15) is 57.8 Å². The van der Waals surface area contributed by atoms with E-state index in [4.69, 9.17) is 14.2 Å². The molecule has 1 N–H and O–H groups in total. The van der Waals surface area contributed by atoms with Crippen molar-refractivity contribution in [1.29, 1.82) is 0 Å². The second kappa shape index (κ2) is 13.1. The smallest absolute Gasteiger partial charge is 0.286 e. The molecule has 4 nitrogen and oxygen atoms in total. The first-order valence-electron chi connectivity index (χ1n) is 12.0. The molecule has 0 saturated heterocycles. The maximum atomic E-state index is 14.5. The first kappa shape index (κ1) is 34.2. The van der Waals surface area contributed by atoms with Gasteiger partial charge in [-0.3, -0.25) is 0 Å². The Hall–Kier alpha value is -3.34. The maximum absolute atomic E-state index is 14.5. The standard InChI is InChI=1S/C27H20F12O4/c1-9-15(28)21(34)12(22(35)16(9)29)6-41-27(4-5-40,42-7-13-23(36)17(30)10(2)18(31)24(13)37)43-8-14-25(38)19(32)11(3)20(33)26(14)39/h40H,4-8H2,1-3H3. The minimum Gasteiger partial charge on any atom is -0.396 e. The van der Waals surface area contributed by atoms with Gasteiger partial charge >= 0.3 is 0 Å². The fourth-order valence-electron chi connectivity index (χ4n) is 3.77. The van der Waals surface area contributed by atoms with E-state index in [0.717, 1.165) is 0 Å². The van der Waals surface area contributed by atoms with Crippen molar-refractivity contribution in [1.82, 2.24) is 0 Å². The molecule has 0 bridgehead atoms. The average Bonchev–Trinajstić information content (AvgIpc) is 2.98. The van der Waals surface area contributed by atoms with Crippen molar-refractivity contribution < 1.29 is 72.0 Å². The quantitative estimate of drug-likeness (QED) is 0.137. The predicted molar refractivity (Wildman–Crippen MR) is 122 cm³/mol. The number of rotatable bonds is 11. The second-order valence-corrected chi connectivity index (χ2v) is 9.10. The van der Waals surface area contributed by atoms with Gasteiger partial charge in [0.05, 0.1) is 49.5 Å². The summed E-state index contributed by atoms with van der Waals surface area (Å²) in [5.41, 5.74) is -7.62. The molecule has 43 heavy (non-hydrogen) atoms. The lowest BCUT2D eigenvalue weighted by molar-refractivity contribution is -0.399. The van der Waals surface area contributed by atoms with Crippen molar-refractivity contribution >= 4 is 0 Å². The van der Waals surface area contributed by atoms with Crippen LogP contribution in [0.15, 0.2) is 0 Å². The molecule has 0 spiro atoms. The van der Waals surface area contributed by atoms with E-state index in [2.05, 4.69) is 0 Å². The maximum Gasteiger partial charge on any atom is 0.286 e. The largest absolute Gasteiger partial charge is 0.396 e. The lowest BCUT2D eigenvalue weighted by Crippen LogP contribution is -2.40. The van der Waals surface area contributed by atoms with Crippen molar-refractivity contribution in [2.45, 2.75) is 53.0 Å². The first-order chi connectivity index (χ1) is 20.0. The fourth-order valence-corrected chi connectivity index (χ4v) is 3.77. The molecule has 0 aliphatic rings. The van der Waals surface area contributed by atoms with Gasteiger partial charge in [0.1, 0.15) is 0 Å². The Bertz CT molecular complexity index is 1300. The van der Waals surface area contributed by atoms with Crippen molar-refractivity contribution in [2.24, 2.45) is 0 Å². The van der Waals surface area contributed by atoms with Gasteiger partial charge in [0.15, 0.2) is 69.8 Å². The molecular weight excluding hydrogens is 616 g/mol. The summed E-state index contributed by atoms with van der Waals surface area (Å²) >= 11 is 0. The molecule has 0 aliphatic heterocycles. The van der Waals surface area contributed by atoms with Gasteiger partial charge in [-0.15, -0.1) is 0 Å². The Labute approximate surface area is 235 Å². The summed E-state index contributed by atoms with van der Waals surface area (Å²) < 4.78 is 187. The van der Waals surface area contributed by atoms with Crippen LogP contribution in [0.5, 0.6) is 0 Å². The van der Waals surface area contributed by atoms with Gasteiger partial charge in [0.2, 0.25) is 0 Å². The molecule has 0 fully saturated rings. The normalized spacial score (nSPS) is 12.0. The topological polar surface area (TPSA) is 47.9 Å². The number of aliphatic hydroxyl groups excluding tert-OH is 1. The van der Waals surface area contributed by atoms with Crippen molar-refractivity contribution in [3.63, 3.8) is 0 Å².